The van der Waals surface area contributed by atoms with Crippen LogP contribution in [0.5, 0.6) is 0 Å². The number of hydrogen-bond acceptors (Lipinski definition) is 6. The highest BCUT2D eigenvalue weighted by Gasteiger charge is 2.25. The Hall–Kier alpha value is -18.7. The van der Waals surface area contributed by atoms with Crippen LogP contribution in [0.4, 0.5) is 0 Å². The van der Waals surface area contributed by atoms with Gasteiger partial charge in [0.25, 0.3) is 0 Å². The SMILES string of the molecule is c1cc(-c2cccc(-n3c4ccccc4c4cc(-n5c6ccccc6c6ccccc65)ccc43)n2)cc(-n2c3ccccc3c3ccoc32)c1.c1cc(-c2cccc(-n3c4ccccc4c4ccoc43)c2)cc(-n2c3ccccc3c3ccoc32)c1.c1cc(-c2ccnc(-n3c4ccccc4c4ccoc43)c2)cc(-n2c3ccccc3c3cc(-n4c5ccccc5c5ccccc54)ccc32)c1. The van der Waals surface area contributed by atoms with Crippen LogP contribution in [-0.2, 0) is 0 Å². The van der Waals surface area contributed by atoms with Crippen molar-refractivity contribution in [2.24, 2.45) is 0 Å². The number of para-hydroxylation sites is 10. The summed E-state index contributed by atoms with van der Waals surface area (Å²) in [5, 5.41) is 19.0. The number of benzene rings is 16. The molecule has 14 aromatic heterocycles. The highest BCUT2D eigenvalue weighted by molar-refractivity contribution is 6.17. The Balaban J connectivity index is 0.000000103. The second-order valence-electron chi connectivity index (χ2n) is 34.8. The fourth-order valence-corrected chi connectivity index (χ4v) is 21.6. The predicted octanol–water partition coefficient (Wildman–Crippen LogP) is 32.0. The molecule has 30 rings (SSSR count). The molecule has 136 heavy (non-hydrogen) atoms. The predicted molar refractivity (Wildman–Crippen MR) is 555 cm³/mol. The molecule has 0 bridgehead atoms. The Labute approximate surface area is 775 Å². The summed E-state index contributed by atoms with van der Waals surface area (Å²) in [6.07, 6.45) is 8.92. The van der Waals surface area contributed by atoms with Crippen LogP contribution in [-0.4, -0.2) is 46.5 Å². The normalized spacial score (nSPS) is 12.0. The number of pyridine rings is 2. The molecule has 0 saturated heterocycles. The molecule has 30 aromatic rings. The topological polar surface area (TPSA) is 118 Å². The average molecular weight is 1750 g/mol. The maximum absolute atomic E-state index is 6.00. The Morgan fingerprint density at radius 2 is 0.412 bits per heavy atom. The number of furan rings is 4. The van der Waals surface area contributed by atoms with E-state index in [-0.39, 0.29) is 0 Å². The van der Waals surface area contributed by atoms with E-state index in [1.807, 2.05) is 30.5 Å². The number of fused-ring (bicyclic) bond motifs is 24. The highest BCUT2D eigenvalue weighted by Crippen LogP contribution is 2.45. The fourth-order valence-electron chi connectivity index (χ4n) is 21.6. The second-order valence-corrected chi connectivity index (χ2v) is 34.8. The maximum atomic E-state index is 6.00. The molecular formula is C122H76N10O4. The molecule has 0 spiro atoms. The first kappa shape index (κ1) is 76.2. The molecule has 0 aliphatic carbocycles. The fraction of sp³-hybridized carbons (Fsp3) is 0. The van der Waals surface area contributed by atoms with E-state index >= 15 is 0 Å². The van der Waals surface area contributed by atoms with Crippen molar-refractivity contribution in [1.82, 2.24) is 46.5 Å². The summed E-state index contributed by atoms with van der Waals surface area (Å²) in [5.41, 5.74) is 30.2. The minimum atomic E-state index is 0.801. The molecule has 14 nitrogen and oxygen atoms in total. The molecule has 14 heteroatoms. The van der Waals surface area contributed by atoms with E-state index in [4.69, 9.17) is 27.6 Å². The molecule has 14 heterocycles. The number of nitrogens with zero attached hydrogens (tertiary/aromatic N) is 10. The number of rotatable bonds is 11. The standard InChI is InChI=1S/2C45H28N4O.C32H20N2O2/c1-5-16-39-33(12-1)34-13-2-6-17-40(34)48(39)32-20-21-43-38(28-32)36-15-4-7-18-41(36)47(43)31-11-9-10-29(26-31)30-22-24-46-44(27-30)49-42-19-8-3-14-35(42)37-23-25-50-45(37)49;1-5-18-39-32(13-1)33-14-2-6-19-40(33)47(39)31-23-24-43-37(28-31)35-16-4-8-21-42(35)49(43)44-22-10-17-38(46-44)29-11-9-12-30(27-29)48-41-20-7-3-15-34(41)36-25-26-50-45(36)48;1-3-13-29-25(11-1)27-15-17-35-31(27)33(29)23-9-5-7-21(19-23)22-8-6-10-24(20-22)34-30-14-4-2-12-26(30)28-16-18-36-32(28)34/h2*1-28H;1-20H. The molecule has 0 amide bonds. The van der Waals surface area contributed by atoms with Crippen molar-refractivity contribution in [3.05, 3.63) is 462 Å². The Bertz CT molecular complexity index is 9410. The Kier molecular flexibility index (Phi) is 17.1. The highest BCUT2D eigenvalue weighted by atomic mass is 16.3. The lowest BCUT2D eigenvalue weighted by molar-refractivity contribution is 0.594. The second kappa shape index (κ2) is 30.5. The van der Waals surface area contributed by atoms with E-state index in [0.717, 1.165) is 162 Å². The lowest BCUT2D eigenvalue weighted by atomic mass is 10.0. The molecule has 0 aliphatic rings. The molecule has 0 saturated carbocycles. The van der Waals surface area contributed by atoms with Crippen LogP contribution >= 0.6 is 0 Å². The lowest BCUT2D eigenvalue weighted by Gasteiger charge is -2.12. The zero-order chi connectivity index (χ0) is 89.2. The van der Waals surface area contributed by atoms with Gasteiger partial charge in [0, 0.05) is 132 Å². The molecule has 0 aliphatic heterocycles. The van der Waals surface area contributed by atoms with Crippen LogP contribution in [0.2, 0.25) is 0 Å². The van der Waals surface area contributed by atoms with Crippen molar-refractivity contribution in [1.29, 1.82) is 0 Å². The molecule has 638 valence electrons. The lowest BCUT2D eigenvalue weighted by Crippen LogP contribution is -1.99. The first-order chi connectivity index (χ1) is 67.5. The number of hydrogen-bond donors (Lipinski definition) is 0. The van der Waals surface area contributed by atoms with Crippen molar-refractivity contribution >= 4 is 175 Å². The van der Waals surface area contributed by atoms with Crippen LogP contribution in [0, 0.1) is 0 Å². The molecule has 16 aromatic carbocycles. The average Bonchev–Trinajstić information content (AvgIpc) is 1.61. The smallest absolute Gasteiger partial charge is 0.213 e. The van der Waals surface area contributed by atoms with Gasteiger partial charge in [0.1, 0.15) is 11.6 Å². The van der Waals surface area contributed by atoms with Crippen molar-refractivity contribution in [2.45, 2.75) is 0 Å². The third kappa shape index (κ3) is 11.8. The van der Waals surface area contributed by atoms with Gasteiger partial charge in [-0.2, -0.15) is 0 Å². The van der Waals surface area contributed by atoms with Crippen LogP contribution in [0.25, 0.3) is 255 Å². The van der Waals surface area contributed by atoms with Crippen LogP contribution in [0.3, 0.4) is 0 Å². The van der Waals surface area contributed by atoms with E-state index in [0.29, 0.717) is 0 Å². The van der Waals surface area contributed by atoms with Crippen LogP contribution in [0.1, 0.15) is 0 Å². The van der Waals surface area contributed by atoms with Gasteiger partial charge in [-0.05, 0) is 216 Å². The summed E-state index contributed by atoms with van der Waals surface area (Å²) in [7, 11) is 0. The van der Waals surface area contributed by atoms with E-state index in [1.165, 1.54) is 92.3 Å². The molecule has 0 fully saturated rings. The Morgan fingerprint density at radius 3 is 0.779 bits per heavy atom. The van der Waals surface area contributed by atoms with Gasteiger partial charge < -0.3 is 31.4 Å². The van der Waals surface area contributed by atoms with Gasteiger partial charge in [-0.3, -0.25) is 22.8 Å². The maximum Gasteiger partial charge on any atom is 0.213 e. The van der Waals surface area contributed by atoms with Crippen molar-refractivity contribution in [3.63, 3.8) is 0 Å². The van der Waals surface area contributed by atoms with Gasteiger partial charge in [-0.25, -0.2) is 9.97 Å². The molecule has 0 unspecified atom stereocenters. The monoisotopic (exact) mass is 1740 g/mol. The zero-order valence-corrected chi connectivity index (χ0v) is 73.0. The van der Waals surface area contributed by atoms with E-state index < -0.39 is 0 Å². The first-order valence-electron chi connectivity index (χ1n) is 45.8. The van der Waals surface area contributed by atoms with Gasteiger partial charge in [0.2, 0.25) is 22.9 Å². The molecule has 0 N–H and O–H groups in total. The van der Waals surface area contributed by atoms with Crippen molar-refractivity contribution in [2.75, 3.05) is 0 Å². The summed E-state index contributed by atoms with van der Waals surface area (Å²) in [6.45, 7) is 0. The van der Waals surface area contributed by atoms with Crippen molar-refractivity contribution < 1.29 is 17.7 Å². The van der Waals surface area contributed by atoms with Gasteiger partial charge in [-0.1, -0.05) is 237 Å². The van der Waals surface area contributed by atoms with Crippen LogP contribution < -0.4 is 0 Å². The third-order valence-electron chi connectivity index (χ3n) is 27.4. The third-order valence-corrected chi connectivity index (χ3v) is 27.4. The summed E-state index contributed by atoms with van der Waals surface area (Å²) in [4.78, 5) is 10.1. The zero-order valence-electron chi connectivity index (χ0n) is 73.0. The minimum absolute atomic E-state index is 0.801. The summed E-state index contributed by atoms with van der Waals surface area (Å²) in [6, 6.07) is 153. The Morgan fingerprint density at radius 1 is 0.154 bits per heavy atom. The van der Waals surface area contributed by atoms with Gasteiger partial charge in [0.05, 0.1) is 96.9 Å². The number of aromatic nitrogens is 10. The largest absolute Gasteiger partial charge is 0.447 e. The molecular weight excluding hydrogens is 1670 g/mol. The summed E-state index contributed by atoms with van der Waals surface area (Å²) >= 11 is 0. The molecule has 0 atom stereocenters. The van der Waals surface area contributed by atoms with Gasteiger partial charge >= 0.3 is 0 Å². The minimum Gasteiger partial charge on any atom is -0.447 e. The summed E-state index contributed by atoms with van der Waals surface area (Å²) in [5.74, 6) is 1.70. The van der Waals surface area contributed by atoms with E-state index in [2.05, 4.69) is 443 Å². The van der Waals surface area contributed by atoms with E-state index in [9.17, 15) is 0 Å². The van der Waals surface area contributed by atoms with Gasteiger partial charge in [-0.15, -0.1) is 0 Å². The van der Waals surface area contributed by atoms with Crippen LogP contribution in [0.15, 0.2) is 480 Å². The summed E-state index contributed by atoms with van der Waals surface area (Å²) < 4.78 is 42.0. The first-order valence-corrected chi connectivity index (χ1v) is 45.8. The quantitative estimate of drug-likeness (QED) is 0.127. The molecule has 0 radical (unpaired) electrons. The van der Waals surface area contributed by atoms with Gasteiger partial charge in [0.15, 0.2) is 0 Å². The van der Waals surface area contributed by atoms with E-state index in [1.54, 1.807) is 25.1 Å². The van der Waals surface area contributed by atoms with Crippen molar-refractivity contribution in [3.8, 4) is 79.3 Å².